The monoisotopic (exact) mass is 435 g/mol. The van der Waals surface area contributed by atoms with E-state index in [0.717, 1.165) is 16.0 Å². The van der Waals surface area contributed by atoms with Crippen molar-refractivity contribution in [2.24, 2.45) is 0 Å². The number of thiazole rings is 1. The number of amides is 1. The van der Waals surface area contributed by atoms with Gasteiger partial charge in [0, 0.05) is 22.5 Å². The van der Waals surface area contributed by atoms with Crippen LogP contribution in [-0.4, -0.2) is 10.9 Å². The lowest BCUT2D eigenvalue weighted by molar-refractivity contribution is -0.112. The average Bonchev–Trinajstić information content (AvgIpc) is 3.14. The van der Waals surface area contributed by atoms with Crippen LogP contribution >= 0.6 is 22.9 Å². The molecule has 4 nitrogen and oxygen atoms in total. The second-order valence-electron chi connectivity index (χ2n) is 7.90. The maximum absolute atomic E-state index is 12.5. The number of benzene rings is 2. The summed E-state index contributed by atoms with van der Waals surface area (Å²) in [4.78, 5) is 17.8. The first kappa shape index (κ1) is 21.8. The van der Waals surface area contributed by atoms with E-state index in [9.17, 15) is 10.1 Å². The molecule has 0 radical (unpaired) electrons. The van der Waals surface area contributed by atoms with E-state index < -0.39 is 5.91 Å². The van der Waals surface area contributed by atoms with Gasteiger partial charge in [0.2, 0.25) is 0 Å². The molecule has 0 aliphatic rings. The summed E-state index contributed by atoms with van der Waals surface area (Å²) >= 11 is 7.57. The highest BCUT2D eigenvalue weighted by Crippen LogP contribution is 2.25. The Balaban J connectivity index is 1.70. The van der Waals surface area contributed by atoms with Crippen molar-refractivity contribution < 1.29 is 4.79 Å². The molecule has 0 spiro atoms. The van der Waals surface area contributed by atoms with Crippen LogP contribution in [0.1, 0.15) is 42.3 Å². The molecular weight excluding hydrogens is 414 g/mol. The molecule has 152 valence electrons. The number of anilines is 1. The fraction of sp³-hybridized carbons (Fsp3) is 0.208. The number of nitrogens with one attached hydrogen (secondary N) is 1. The topological polar surface area (TPSA) is 65.8 Å². The molecule has 1 aromatic heterocycles. The van der Waals surface area contributed by atoms with Crippen molar-refractivity contribution >= 4 is 40.1 Å². The van der Waals surface area contributed by atoms with Gasteiger partial charge in [-0.05, 0) is 34.2 Å². The maximum Gasteiger partial charge on any atom is 0.268 e. The highest BCUT2D eigenvalue weighted by Gasteiger charge is 2.15. The number of carbonyl (C=O) groups excluding carboxylic acids is 1. The normalized spacial score (nSPS) is 11.8. The summed E-state index contributed by atoms with van der Waals surface area (Å²) < 4.78 is 0. The summed E-state index contributed by atoms with van der Waals surface area (Å²) in [6.45, 7) is 6.42. The summed E-state index contributed by atoms with van der Waals surface area (Å²) in [5, 5.41) is 13.3. The molecule has 0 bridgehead atoms. The van der Waals surface area contributed by atoms with Crippen LogP contribution in [0.25, 0.3) is 6.08 Å². The third kappa shape index (κ3) is 5.56. The number of hydrogen-bond donors (Lipinski definition) is 1. The van der Waals surface area contributed by atoms with Crippen molar-refractivity contribution in [1.29, 1.82) is 5.26 Å². The van der Waals surface area contributed by atoms with Gasteiger partial charge in [-0.15, -0.1) is 11.3 Å². The molecule has 6 heteroatoms. The number of nitrogens with zero attached hydrogens (tertiary/aromatic N) is 2. The van der Waals surface area contributed by atoms with Crippen LogP contribution in [0.4, 0.5) is 5.13 Å². The number of aromatic nitrogens is 1. The van der Waals surface area contributed by atoms with Crippen LogP contribution in [0.5, 0.6) is 0 Å². The fourth-order valence-corrected chi connectivity index (χ4v) is 3.87. The van der Waals surface area contributed by atoms with E-state index in [-0.39, 0.29) is 11.0 Å². The van der Waals surface area contributed by atoms with E-state index in [1.165, 1.54) is 16.9 Å². The first-order chi connectivity index (χ1) is 14.3. The smallest absolute Gasteiger partial charge is 0.268 e. The zero-order valence-corrected chi connectivity index (χ0v) is 18.6. The minimum absolute atomic E-state index is 0.0290. The lowest BCUT2D eigenvalue weighted by Crippen LogP contribution is -2.13. The van der Waals surface area contributed by atoms with Crippen molar-refractivity contribution in [3.8, 4) is 6.07 Å². The standard InChI is InChI=1S/C24H22ClN3OS/c1-24(2,3)19-10-8-16(9-11-19)12-18(14-26)22(29)28-23-27-15-20(30-23)13-17-6-4-5-7-21(17)25/h4-12,15H,13H2,1-3H3,(H,27,28,29). The third-order valence-corrected chi connectivity index (χ3v) is 5.83. The Bertz CT molecular complexity index is 1120. The maximum atomic E-state index is 12.5. The molecule has 30 heavy (non-hydrogen) atoms. The fourth-order valence-electron chi connectivity index (χ4n) is 2.84. The number of halogens is 1. The van der Waals surface area contributed by atoms with Crippen molar-refractivity contribution in [3.05, 3.63) is 86.9 Å². The van der Waals surface area contributed by atoms with E-state index in [4.69, 9.17) is 11.6 Å². The Morgan fingerprint density at radius 1 is 1.20 bits per heavy atom. The molecule has 1 N–H and O–H groups in total. The Labute approximate surface area is 185 Å². The average molecular weight is 436 g/mol. The van der Waals surface area contributed by atoms with Crippen molar-refractivity contribution in [2.75, 3.05) is 5.32 Å². The zero-order valence-electron chi connectivity index (χ0n) is 17.1. The van der Waals surface area contributed by atoms with Crippen molar-refractivity contribution in [2.45, 2.75) is 32.6 Å². The van der Waals surface area contributed by atoms with Gasteiger partial charge in [0.05, 0.1) is 0 Å². The summed E-state index contributed by atoms with van der Waals surface area (Å²) in [7, 11) is 0. The van der Waals surface area contributed by atoms with E-state index in [1.54, 1.807) is 12.3 Å². The summed E-state index contributed by atoms with van der Waals surface area (Å²) in [6.07, 6.45) is 3.93. The van der Waals surface area contributed by atoms with Crippen molar-refractivity contribution in [1.82, 2.24) is 4.98 Å². The minimum Gasteiger partial charge on any atom is -0.297 e. The summed E-state index contributed by atoms with van der Waals surface area (Å²) in [6, 6.07) is 17.5. The molecule has 0 unspecified atom stereocenters. The van der Waals surface area contributed by atoms with E-state index in [0.29, 0.717) is 16.6 Å². The molecule has 0 aliphatic carbocycles. The van der Waals surface area contributed by atoms with Gasteiger partial charge in [-0.25, -0.2) is 4.98 Å². The Morgan fingerprint density at radius 3 is 2.53 bits per heavy atom. The van der Waals surface area contributed by atoms with Crippen LogP contribution in [0.3, 0.4) is 0 Å². The largest absolute Gasteiger partial charge is 0.297 e. The molecule has 1 amide bonds. The van der Waals surface area contributed by atoms with E-state index in [1.807, 2.05) is 54.6 Å². The summed E-state index contributed by atoms with van der Waals surface area (Å²) in [5.74, 6) is -0.476. The molecule has 0 aliphatic heterocycles. The predicted octanol–water partition coefficient (Wildman–Crippen LogP) is 6.23. The van der Waals surface area contributed by atoms with Gasteiger partial charge in [0.15, 0.2) is 5.13 Å². The molecule has 0 saturated carbocycles. The van der Waals surface area contributed by atoms with Gasteiger partial charge in [-0.3, -0.25) is 10.1 Å². The number of rotatable bonds is 5. The number of carbonyl (C=O) groups is 1. The van der Waals surface area contributed by atoms with Crippen molar-refractivity contribution in [3.63, 3.8) is 0 Å². The summed E-state index contributed by atoms with van der Waals surface area (Å²) in [5.41, 5.74) is 3.06. The second-order valence-corrected chi connectivity index (χ2v) is 9.42. The van der Waals surface area contributed by atoms with Gasteiger partial charge in [0.25, 0.3) is 5.91 Å². The van der Waals surface area contributed by atoms with E-state index >= 15 is 0 Å². The van der Waals surface area contributed by atoms with Crippen LogP contribution < -0.4 is 5.32 Å². The lowest BCUT2D eigenvalue weighted by atomic mass is 9.86. The Hall–Kier alpha value is -2.94. The number of hydrogen-bond acceptors (Lipinski definition) is 4. The first-order valence-corrected chi connectivity index (χ1v) is 10.7. The Kier molecular flexibility index (Phi) is 6.71. The second kappa shape index (κ2) is 9.25. The zero-order chi connectivity index (χ0) is 21.7. The molecule has 2 aromatic carbocycles. The molecule has 3 rings (SSSR count). The highest BCUT2D eigenvalue weighted by molar-refractivity contribution is 7.15. The first-order valence-electron chi connectivity index (χ1n) is 9.48. The predicted molar refractivity (Wildman–Crippen MR) is 124 cm³/mol. The number of nitriles is 1. The van der Waals surface area contributed by atoms with Crippen LogP contribution in [0, 0.1) is 11.3 Å². The molecule has 1 heterocycles. The molecule has 0 fully saturated rings. The quantitative estimate of drug-likeness (QED) is 0.381. The lowest BCUT2D eigenvalue weighted by Gasteiger charge is -2.18. The Morgan fingerprint density at radius 2 is 1.90 bits per heavy atom. The van der Waals surface area contributed by atoms with Gasteiger partial charge in [-0.2, -0.15) is 5.26 Å². The minimum atomic E-state index is -0.476. The van der Waals surface area contributed by atoms with E-state index in [2.05, 4.69) is 31.1 Å². The van der Waals surface area contributed by atoms with Gasteiger partial charge < -0.3 is 0 Å². The molecule has 0 atom stereocenters. The van der Waals surface area contributed by atoms with Gasteiger partial charge in [-0.1, -0.05) is 74.8 Å². The molecule has 3 aromatic rings. The van der Waals surface area contributed by atoms with Crippen LogP contribution in [0.2, 0.25) is 5.02 Å². The highest BCUT2D eigenvalue weighted by atomic mass is 35.5. The molecular formula is C24H22ClN3OS. The molecule has 0 saturated heterocycles. The van der Waals surface area contributed by atoms with Crippen LogP contribution in [0.15, 0.2) is 60.3 Å². The van der Waals surface area contributed by atoms with Crippen LogP contribution in [-0.2, 0) is 16.6 Å². The van der Waals surface area contributed by atoms with Gasteiger partial charge in [0.1, 0.15) is 11.6 Å². The SMILES string of the molecule is CC(C)(C)c1ccc(C=C(C#N)C(=O)Nc2ncc(Cc3ccccc3Cl)s2)cc1. The van der Waals surface area contributed by atoms with Gasteiger partial charge >= 0.3 is 0 Å². The third-order valence-electron chi connectivity index (χ3n) is 4.55.